The number of hydrogen-bond donors (Lipinski definition) is 2. The van der Waals surface area contributed by atoms with Crippen molar-refractivity contribution in [3.63, 3.8) is 0 Å². The summed E-state index contributed by atoms with van der Waals surface area (Å²) in [5, 5.41) is 2.78. The van der Waals surface area contributed by atoms with Crippen molar-refractivity contribution in [2.24, 2.45) is 5.73 Å². The summed E-state index contributed by atoms with van der Waals surface area (Å²) in [5.41, 5.74) is 9.88. The van der Waals surface area contributed by atoms with E-state index in [0.29, 0.717) is 17.7 Å². The Kier molecular flexibility index (Phi) is 4.42. The largest absolute Gasteiger partial charge is 0.366 e. The van der Waals surface area contributed by atoms with Gasteiger partial charge in [0.15, 0.2) is 0 Å². The van der Waals surface area contributed by atoms with Gasteiger partial charge < -0.3 is 11.1 Å². The molecule has 0 heterocycles. The lowest BCUT2D eigenvalue weighted by molar-refractivity contribution is -0.115. The van der Waals surface area contributed by atoms with Crippen molar-refractivity contribution in [3.8, 4) is 0 Å². The van der Waals surface area contributed by atoms with Gasteiger partial charge in [-0.3, -0.25) is 9.59 Å². The number of aryl methyl sites for hydroxylation is 2. The van der Waals surface area contributed by atoms with Crippen molar-refractivity contribution in [1.82, 2.24) is 0 Å². The number of para-hydroxylation sites is 1. The van der Waals surface area contributed by atoms with Crippen molar-refractivity contribution in [3.05, 3.63) is 64.7 Å². The van der Waals surface area contributed by atoms with Crippen molar-refractivity contribution in [2.75, 3.05) is 5.32 Å². The molecule has 1 aliphatic rings. The SMILES string of the molecule is NC(=O)c1ccccc1NC(=O)Cc1ccc2c(c1)CCCC2. The molecule has 23 heavy (non-hydrogen) atoms. The van der Waals surface area contributed by atoms with Crippen LogP contribution < -0.4 is 11.1 Å². The number of carbonyl (C=O) groups is 2. The first-order valence-electron chi connectivity index (χ1n) is 7.93. The number of nitrogens with one attached hydrogen (secondary N) is 1. The Bertz CT molecular complexity index is 753. The van der Waals surface area contributed by atoms with Crippen LogP contribution in [0.5, 0.6) is 0 Å². The normalized spacial score (nSPS) is 13.2. The van der Waals surface area contributed by atoms with E-state index in [1.54, 1.807) is 24.3 Å². The number of anilines is 1. The molecular formula is C19H20N2O2. The molecule has 0 aromatic heterocycles. The molecule has 4 nitrogen and oxygen atoms in total. The molecule has 0 fully saturated rings. The third-order valence-electron chi connectivity index (χ3n) is 4.24. The minimum atomic E-state index is -0.547. The fourth-order valence-corrected chi connectivity index (χ4v) is 3.08. The molecule has 0 aliphatic heterocycles. The second-order valence-corrected chi connectivity index (χ2v) is 5.94. The van der Waals surface area contributed by atoms with Crippen molar-refractivity contribution < 1.29 is 9.59 Å². The lowest BCUT2D eigenvalue weighted by Gasteiger charge is -2.16. The molecule has 2 aromatic rings. The second-order valence-electron chi connectivity index (χ2n) is 5.94. The van der Waals surface area contributed by atoms with Crippen LogP contribution in [0.4, 0.5) is 5.69 Å². The Balaban J connectivity index is 1.72. The third-order valence-corrected chi connectivity index (χ3v) is 4.24. The Morgan fingerprint density at radius 1 is 1.00 bits per heavy atom. The molecule has 1 aliphatic carbocycles. The van der Waals surface area contributed by atoms with Gasteiger partial charge >= 0.3 is 0 Å². The third kappa shape index (κ3) is 3.59. The smallest absolute Gasteiger partial charge is 0.250 e. The van der Waals surface area contributed by atoms with E-state index in [9.17, 15) is 9.59 Å². The van der Waals surface area contributed by atoms with Crippen LogP contribution >= 0.6 is 0 Å². The van der Waals surface area contributed by atoms with E-state index >= 15 is 0 Å². The van der Waals surface area contributed by atoms with Crippen LogP contribution in [-0.2, 0) is 24.1 Å². The van der Waals surface area contributed by atoms with Gasteiger partial charge in [-0.1, -0.05) is 30.3 Å². The average molecular weight is 308 g/mol. The second kappa shape index (κ2) is 6.65. The fraction of sp³-hybridized carbons (Fsp3) is 0.263. The lowest BCUT2D eigenvalue weighted by Crippen LogP contribution is -2.19. The molecule has 2 amide bonds. The van der Waals surface area contributed by atoms with Crippen molar-refractivity contribution in [1.29, 1.82) is 0 Å². The minimum absolute atomic E-state index is 0.144. The van der Waals surface area contributed by atoms with Gasteiger partial charge in [-0.15, -0.1) is 0 Å². The highest BCUT2D eigenvalue weighted by atomic mass is 16.2. The van der Waals surface area contributed by atoms with Gasteiger partial charge in [-0.25, -0.2) is 0 Å². The van der Waals surface area contributed by atoms with E-state index in [0.717, 1.165) is 18.4 Å². The van der Waals surface area contributed by atoms with E-state index in [1.807, 2.05) is 6.07 Å². The van der Waals surface area contributed by atoms with Crippen LogP contribution in [0.3, 0.4) is 0 Å². The number of hydrogen-bond acceptors (Lipinski definition) is 2. The van der Waals surface area contributed by atoms with E-state index in [-0.39, 0.29) is 5.91 Å². The molecule has 0 unspecified atom stereocenters. The summed E-state index contributed by atoms with van der Waals surface area (Å²) in [6, 6.07) is 13.1. The number of primary amides is 1. The predicted octanol–water partition coefficient (Wildman–Crippen LogP) is 2.85. The zero-order valence-electron chi connectivity index (χ0n) is 13.0. The molecular weight excluding hydrogens is 288 g/mol. The number of fused-ring (bicyclic) bond motifs is 1. The summed E-state index contributed by atoms with van der Waals surface area (Å²) in [7, 11) is 0. The fourth-order valence-electron chi connectivity index (χ4n) is 3.08. The molecule has 2 aromatic carbocycles. The monoisotopic (exact) mass is 308 g/mol. The molecule has 4 heteroatoms. The predicted molar refractivity (Wildman–Crippen MR) is 90.4 cm³/mol. The van der Waals surface area contributed by atoms with Gasteiger partial charge in [0, 0.05) is 0 Å². The van der Waals surface area contributed by atoms with Gasteiger partial charge in [-0.2, -0.15) is 0 Å². The Labute approximate surface area is 135 Å². The summed E-state index contributed by atoms with van der Waals surface area (Å²) >= 11 is 0. The van der Waals surface area contributed by atoms with Crippen molar-refractivity contribution in [2.45, 2.75) is 32.1 Å². The maximum atomic E-state index is 12.3. The van der Waals surface area contributed by atoms with Crippen LogP contribution in [0.15, 0.2) is 42.5 Å². The Morgan fingerprint density at radius 2 is 1.74 bits per heavy atom. The van der Waals surface area contributed by atoms with E-state index in [1.165, 1.54) is 24.0 Å². The maximum absolute atomic E-state index is 12.3. The number of amides is 2. The van der Waals surface area contributed by atoms with E-state index in [2.05, 4.69) is 17.4 Å². The molecule has 3 rings (SSSR count). The number of nitrogens with two attached hydrogens (primary N) is 1. The zero-order valence-corrected chi connectivity index (χ0v) is 13.0. The van der Waals surface area contributed by atoms with Crippen LogP contribution in [0.25, 0.3) is 0 Å². The van der Waals surface area contributed by atoms with Gasteiger partial charge in [0.1, 0.15) is 0 Å². The summed E-state index contributed by atoms with van der Waals surface area (Å²) in [5.74, 6) is -0.691. The molecule has 0 bridgehead atoms. The maximum Gasteiger partial charge on any atom is 0.250 e. The standard InChI is InChI=1S/C19H20N2O2/c20-19(23)16-7-3-4-8-17(16)21-18(22)12-13-9-10-14-5-1-2-6-15(14)11-13/h3-4,7-11H,1-2,5-6,12H2,(H2,20,23)(H,21,22). The Morgan fingerprint density at radius 3 is 2.52 bits per heavy atom. The number of benzene rings is 2. The van der Waals surface area contributed by atoms with Gasteiger partial charge in [0.25, 0.3) is 5.91 Å². The zero-order chi connectivity index (χ0) is 16.2. The molecule has 0 spiro atoms. The number of rotatable bonds is 4. The number of carbonyl (C=O) groups excluding carboxylic acids is 2. The highest BCUT2D eigenvalue weighted by Crippen LogP contribution is 2.22. The molecule has 0 atom stereocenters. The molecule has 0 radical (unpaired) electrons. The summed E-state index contributed by atoms with van der Waals surface area (Å²) in [6.45, 7) is 0. The van der Waals surface area contributed by atoms with E-state index < -0.39 is 5.91 Å². The highest BCUT2D eigenvalue weighted by molar-refractivity contribution is 6.03. The summed E-state index contributed by atoms with van der Waals surface area (Å²) < 4.78 is 0. The molecule has 0 saturated heterocycles. The average Bonchev–Trinajstić information content (AvgIpc) is 2.55. The quantitative estimate of drug-likeness (QED) is 0.911. The van der Waals surface area contributed by atoms with Gasteiger partial charge in [0.05, 0.1) is 17.7 Å². The van der Waals surface area contributed by atoms with Crippen LogP contribution in [0.1, 0.15) is 39.9 Å². The first kappa shape index (κ1) is 15.3. The van der Waals surface area contributed by atoms with Gasteiger partial charge in [0.2, 0.25) is 5.91 Å². The molecule has 3 N–H and O–H groups in total. The Hall–Kier alpha value is -2.62. The van der Waals surface area contributed by atoms with Crippen LogP contribution in [0, 0.1) is 0 Å². The van der Waals surface area contributed by atoms with E-state index in [4.69, 9.17) is 5.73 Å². The van der Waals surface area contributed by atoms with Crippen molar-refractivity contribution >= 4 is 17.5 Å². The molecule has 0 saturated carbocycles. The summed E-state index contributed by atoms with van der Waals surface area (Å²) in [4.78, 5) is 23.7. The van der Waals surface area contributed by atoms with Crippen LogP contribution in [0.2, 0.25) is 0 Å². The topological polar surface area (TPSA) is 72.2 Å². The summed E-state index contributed by atoms with van der Waals surface area (Å²) in [6.07, 6.45) is 4.98. The first-order valence-corrected chi connectivity index (χ1v) is 7.93. The van der Waals surface area contributed by atoms with Crippen LogP contribution in [-0.4, -0.2) is 11.8 Å². The van der Waals surface area contributed by atoms with Gasteiger partial charge in [-0.05, 0) is 54.5 Å². The first-order chi connectivity index (χ1) is 11.1. The lowest BCUT2D eigenvalue weighted by atomic mass is 9.90. The molecule has 118 valence electrons. The highest BCUT2D eigenvalue weighted by Gasteiger charge is 2.13. The minimum Gasteiger partial charge on any atom is -0.366 e.